The van der Waals surface area contributed by atoms with Gasteiger partial charge in [-0.2, -0.15) is 15.5 Å². The molecule has 9 rings (SSSR count). The lowest BCUT2D eigenvalue weighted by molar-refractivity contribution is 0.174. The molecule has 0 bridgehead atoms. The molecule has 4 aliphatic rings. The molecule has 0 amide bonds. The van der Waals surface area contributed by atoms with Crippen LogP contribution in [0.5, 0.6) is 0 Å². The Morgan fingerprint density at radius 3 is 2.80 bits per heavy atom. The second-order valence-corrected chi connectivity index (χ2v) is 14.7. The Bertz CT molecular complexity index is 2060. The van der Waals surface area contributed by atoms with Gasteiger partial charge >= 0.3 is 0 Å². The number of nitrogen functional groups attached to an aromatic ring is 1. The van der Waals surface area contributed by atoms with Crippen molar-refractivity contribution in [3.8, 4) is 23.4 Å². The van der Waals surface area contributed by atoms with Crippen molar-refractivity contribution in [2.24, 2.45) is 0 Å². The molecule has 1 fully saturated rings. The number of fused-ring (bicyclic) bond motifs is 6. The number of nitrogens with zero attached hydrogens (tertiary/aromatic N) is 9. The number of aliphatic hydroxyl groups excluding tert-OH is 1. The van der Waals surface area contributed by atoms with Gasteiger partial charge in [0.25, 0.3) is 0 Å². The molecular formula is C33H36N10O2S. The number of likely N-dealkylation sites (N-methyl/N-ethyl adjacent to an activating group) is 1. The summed E-state index contributed by atoms with van der Waals surface area (Å²) in [5.41, 5.74) is 11.7. The monoisotopic (exact) mass is 636 g/mol. The van der Waals surface area contributed by atoms with Crippen LogP contribution in [0.1, 0.15) is 103 Å². The van der Waals surface area contributed by atoms with E-state index in [1.54, 1.807) is 16.0 Å². The molecule has 1 aliphatic heterocycles. The maximum Gasteiger partial charge on any atom is 0.186 e. The van der Waals surface area contributed by atoms with Crippen molar-refractivity contribution in [3.63, 3.8) is 0 Å². The van der Waals surface area contributed by atoms with Crippen LogP contribution < -0.4 is 5.73 Å². The lowest BCUT2D eigenvalue weighted by Gasteiger charge is -2.39. The average Bonchev–Trinajstić information content (AvgIpc) is 3.89. The molecular weight excluding hydrogens is 600 g/mol. The van der Waals surface area contributed by atoms with Gasteiger partial charge in [-0.05, 0) is 95.9 Å². The zero-order chi connectivity index (χ0) is 31.3. The fourth-order valence-electron chi connectivity index (χ4n) is 8.85. The van der Waals surface area contributed by atoms with Gasteiger partial charge in [-0.1, -0.05) is 5.16 Å². The first-order chi connectivity index (χ1) is 22.4. The Morgan fingerprint density at radius 1 is 1.17 bits per heavy atom. The van der Waals surface area contributed by atoms with Crippen molar-refractivity contribution < 1.29 is 9.63 Å². The number of nitriles is 1. The molecule has 1 saturated heterocycles. The summed E-state index contributed by atoms with van der Waals surface area (Å²) in [6.07, 6.45) is 12.4. The summed E-state index contributed by atoms with van der Waals surface area (Å²) in [7, 11) is 2.18. The first-order valence-electron chi connectivity index (χ1n) is 16.4. The summed E-state index contributed by atoms with van der Waals surface area (Å²) < 4.78 is 10.1. The van der Waals surface area contributed by atoms with Gasteiger partial charge in [0.15, 0.2) is 28.7 Å². The average molecular weight is 637 g/mol. The highest BCUT2D eigenvalue weighted by Gasteiger charge is 2.49. The van der Waals surface area contributed by atoms with E-state index in [4.69, 9.17) is 30.4 Å². The van der Waals surface area contributed by atoms with Crippen LogP contribution in [0.2, 0.25) is 0 Å². The number of aliphatic hydroxyl groups is 1. The molecule has 12 nitrogen and oxygen atoms in total. The normalized spacial score (nSPS) is 24.7. The minimum absolute atomic E-state index is 0.0913. The van der Waals surface area contributed by atoms with Crippen LogP contribution in [-0.4, -0.2) is 64.3 Å². The SMILES string of the molecule is CC(C1CCCN1C)n1ncc2c(-n3cc4c(n3)C(O)CC4)nc(-c3noc4c3CCCC43CCCc4sc(N)c(C#N)c43)nc21. The van der Waals surface area contributed by atoms with Gasteiger partial charge in [0, 0.05) is 22.7 Å². The summed E-state index contributed by atoms with van der Waals surface area (Å²) in [5, 5.41) is 36.4. The number of likely N-dealkylation sites (tertiary alicyclic amines) is 1. The molecule has 6 heterocycles. The molecule has 3 N–H and O–H groups in total. The summed E-state index contributed by atoms with van der Waals surface area (Å²) in [6.45, 7) is 3.28. The van der Waals surface area contributed by atoms with Crippen LogP contribution in [0, 0.1) is 11.3 Å². The molecule has 1 spiro atoms. The van der Waals surface area contributed by atoms with Gasteiger partial charge < -0.3 is 20.3 Å². The van der Waals surface area contributed by atoms with Gasteiger partial charge in [0.2, 0.25) is 0 Å². The van der Waals surface area contributed by atoms with Crippen LogP contribution in [-0.2, 0) is 24.7 Å². The van der Waals surface area contributed by atoms with E-state index in [1.807, 2.05) is 17.1 Å². The van der Waals surface area contributed by atoms with E-state index < -0.39 is 11.5 Å². The number of hydrogen-bond acceptors (Lipinski definition) is 11. The molecule has 236 valence electrons. The highest BCUT2D eigenvalue weighted by molar-refractivity contribution is 7.16. The highest BCUT2D eigenvalue weighted by Crippen LogP contribution is 2.55. The second-order valence-electron chi connectivity index (χ2n) is 13.5. The Hall–Kier alpha value is -4.12. The van der Waals surface area contributed by atoms with Gasteiger partial charge in [0.1, 0.15) is 11.1 Å². The third kappa shape index (κ3) is 3.87. The quantitative estimate of drug-likeness (QED) is 0.281. The van der Waals surface area contributed by atoms with Crippen LogP contribution in [0.15, 0.2) is 16.9 Å². The third-order valence-electron chi connectivity index (χ3n) is 11.1. The predicted octanol–water partition coefficient (Wildman–Crippen LogP) is 4.78. The van der Waals surface area contributed by atoms with Gasteiger partial charge in [-0.3, -0.25) is 0 Å². The van der Waals surface area contributed by atoms with Crippen molar-refractivity contribution >= 4 is 27.4 Å². The Morgan fingerprint density at radius 2 is 2.02 bits per heavy atom. The van der Waals surface area contributed by atoms with Crippen molar-refractivity contribution in [2.45, 2.75) is 94.7 Å². The zero-order valence-electron chi connectivity index (χ0n) is 26.0. The van der Waals surface area contributed by atoms with Crippen molar-refractivity contribution in [3.05, 3.63) is 51.0 Å². The fraction of sp³-hybridized carbons (Fsp3) is 0.515. The number of thiophene rings is 1. The maximum atomic E-state index is 10.6. The number of aryl methyl sites for hydroxylation is 2. The van der Waals surface area contributed by atoms with E-state index in [1.165, 1.54) is 4.88 Å². The second kappa shape index (κ2) is 10.2. The van der Waals surface area contributed by atoms with Crippen LogP contribution in [0.25, 0.3) is 28.4 Å². The van der Waals surface area contributed by atoms with Gasteiger partial charge in [-0.15, -0.1) is 11.3 Å². The lowest BCUT2D eigenvalue weighted by atomic mass is 9.63. The largest absolute Gasteiger partial charge is 0.389 e. The number of nitrogens with two attached hydrogens (primary N) is 1. The van der Waals surface area contributed by atoms with Crippen LogP contribution in [0.4, 0.5) is 5.00 Å². The number of hydrogen-bond donors (Lipinski definition) is 2. The van der Waals surface area contributed by atoms with Crippen molar-refractivity contribution in [1.82, 2.24) is 39.6 Å². The Labute approximate surface area is 269 Å². The molecule has 0 saturated carbocycles. The molecule has 46 heavy (non-hydrogen) atoms. The molecule has 3 aliphatic carbocycles. The molecule has 0 aromatic carbocycles. The first-order valence-corrected chi connectivity index (χ1v) is 17.2. The molecule has 0 radical (unpaired) electrons. The summed E-state index contributed by atoms with van der Waals surface area (Å²) >= 11 is 1.54. The lowest BCUT2D eigenvalue weighted by Crippen LogP contribution is -2.35. The number of aromatic nitrogens is 7. The summed E-state index contributed by atoms with van der Waals surface area (Å²) in [4.78, 5) is 13.9. The van der Waals surface area contributed by atoms with E-state index in [0.717, 1.165) is 97.8 Å². The topological polar surface area (TPSA) is 161 Å². The summed E-state index contributed by atoms with van der Waals surface area (Å²) in [6, 6.07) is 2.85. The minimum Gasteiger partial charge on any atom is -0.389 e. The smallest absolute Gasteiger partial charge is 0.186 e. The zero-order valence-corrected chi connectivity index (χ0v) is 26.8. The highest BCUT2D eigenvalue weighted by atomic mass is 32.1. The van der Waals surface area contributed by atoms with Gasteiger partial charge in [-0.25, -0.2) is 19.3 Å². The third-order valence-corrected chi connectivity index (χ3v) is 12.1. The maximum absolute atomic E-state index is 10.6. The molecule has 4 unspecified atom stereocenters. The van der Waals surface area contributed by atoms with Crippen molar-refractivity contribution in [2.75, 3.05) is 19.3 Å². The molecule has 5 aromatic heterocycles. The van der Waals surface area contributed by atoms with E-state index in [-0.39, 0.29) is 6.04 Å². The Balaban J connectivity index is 1.23. The van der Waals surface area contributed by atoms with E-state index >= 15 is 0 Å². The number of rotatable bonds is 4. The van der Waals surface area contributed by atoms with E-state index in [0.29, 0.717) is 46.1 Å². The van der Waals surface area contributed by atoms with Gasteiger partial charge in [0.05, 0.1) is 40.4 Å². The molecule has 13 heteroatoms. The van der Waals surface area contributed by atoms with Crippen LogP contribution in [0.3, 0.4) is 0 Å². The molecule has 4 atom stereocenters. The molecule has 5 aromatic rings. The minimum atomic E-state index is -0.572. The van der Waals surface area contributed by atoms with Crippen LogP contribution >= 0.6 is 11.3 Å². The van der Waals surface area contributed by atoms with E-state index in [9.17, 15) is 10.4 Å². The predicted molar refractivity (Wildman–Crippen MR) is 172 cm³/mol. The fourth-order valence-corrected chi connectivity index (χ4v) is 10.0. The van der Waals surface area contributed by atoms with Crippen molar-refractivity contribution in [1.29, 1.82) is 5.26 Å². The summed E-state index contributed by atoms with van der Waals surface area (Å²) in [5.74, 6) is 1.90. The Kier molecular flexibility index (Phi) is 6.23. The standard InChI is InChI=1S/C33H36N10O2S/c1-17(22-7-5-13-41(22)2)43-32-21(15-36-43)31(42-16-18-9-10-23(44)26(18)39-42)37-30(38-32)27-19-6-3-11-33(28(19)45-40-27)12-4-8-24-25(33)20(14-34)29(35)46-24/h15-17,22-23,44H,3-13,35H2,1-2H3. The van der Waals surface area contributed by atoms with E-state index in [2.05, 4.69) is 30.1 Å². The first kappa shape index (κ1) is 28.1. The number of anilines is 1.